The van der Waals surface area contributed by atoms with Crippen LogP contribution in [0, 0.1) is 0 Å². The fourth-order valence-electron chi connectivity index (χ4n) is 6.67. The van der Waals surface area contributed by atoms with Crippen LogP contribution in [-0.2, 0) is 33.8 Å². The Morgan fingerprint density at radius 3 is 2.52 bits per heavy atom. The average Bonchev–Trinajstić information content (AvgIpc) is 3.10. The predicted octanol–water partition coefficient (Wildman–Crippen LogP) is 7.30. The van der Waals surface area contributed by atoms with Crippen molar-refractivity contribution in [2.75, 3.05) is 72.0 Å². The van der Waals surface area contributed by atoms with E-state index in [2.05, 4.69) is 54.2 Å². The third-order valence-corrected chi connectivity index (χ3v) is 9.32. The second kappa shape index (κ2) is 17.9. The summed E-state index contributed by atoms with van der Waals surface area (Å²) in [6.07, 6.45) is 3.41. The largest absolute Gasteiger partial charge is 0.496 e. The highest BCUT2D eigenvalue weighted by molar-refractivity contribution is 5.68. The Bertz CT molecular complexity index is 1500. The molecule has 9 nitrogen and oxygen atoms in total. The van der Waals surface area contributed by atoms with E-state index in [4.69, 9.17) is 23.7 Å². The topological polar surface area (TPSA) is 72.9 Å². The van der Waals surface area contributed by atoms with Crippen LogP contribution in [0.3, 0.4) is 0 Å². The zero-order valence-corrected chi connectivity index (χ0v) is 31.0. The normalized spacial score (nSPS) is 17.8. The van der Waals surface area contributed by atoms with Gasteiger partial charge in [0.1, 0.15) is 17.1 Å². The third-order valence-electron chi connectivity index (χ3n) is 9.32. The van der Waals surface area contributed by atoms with E-state index in [-0.39, 0.29) is 18.1 Å². The summed E-state index contributed by atoms with van der Waals surface area (Å²) in [5.41, 5.74) is 5.57. The first-order valence-electron chi connectivity index (χ1n) is 18.1. The minimum Gasteiger partial charge on any atom is -0.496 e. The first-order chi connectivity index (χ1) is 24.1. The van der Waals surface area contributed by atoms with Gasteiger partial charge in [-0.1, -0.05) is 42.5 Å². The Morgan fingerprint density at radius 1 is 0.960 bits per heavy atom. The molecule has 0 aromatic heterocycles. The Hall–Kier alpha value is -3.79. The van der Waals surface area contributed by atoms with E-state index >= 15 is 0 Å². The lowest BCUT2D eigenvalue weighted by atomic mass is 9.87. The maximum Gasteiger partial charge on any atom is 0.410 e. The number of anilines is 1. The van der Waals surface area contributed by atoms with Crippen molar-refractivity contribution >= 4 is 11.8 Å². The second-order valence-corrected chi connectivity index (χ2v) is 14.7. The van der Waals surface area contributed by atoms with Crippen LogP contribution in [-0.4, -0.2) is 94.7 Å². The second-order valence-electron chi connectivity index (χ2n) is 14.7. The molecule has 1 fully saturated rings. The first kappa shape index (κ1) is 37.5. The molecule has 0 spiro atoms. The molecular weight excluding hydrogens is 630 g/mol. The van der Waals surface area contributed by atoms with E-state index in [0.717, 1.165) is 61.5 Å². The number of amides is 1. The summed E-state index contributed by atoms with van der Waals surface area (Å²) in [6.45, 7) is 12.1. The molecule has 272 valence electrons. The van der Waals surface area contributed by atoms with E-state index in [0.29, 0.717) is 39.5 Å². The Kier molecular flexibility index (Phi) is 13.4. The summed E-state index contributed by atoms with van der Waals surface area (Å²) < 4.78 is 29.8. The molecule has 0 saturated carbocycles. The van der Waals surface area contributed by atoms with E-state index in [1.165, 1.54) is 23.2 Å². The molecule has 2 atom stereocenters. The number of likely N-dealkylation sites (tertiary alicyclic amines) is 1. The molecule has 3 aromatic carbocycles. The summed E-state index contributed by atoms with van der Waals surface area (Å²) in [5.74, 6) is 1.81. The molecule has 2 aliphatic heterocycles. The molecule has 0 bridgehead atoms. The number of benzene rings is 3. The van der Waals surface area contributed by atoms with Crippen LogP contribution in [0.1, 0.15) is 68.2 Å². The highest BCUT2D eigenvalue weighted by atomic mass is 16.6. The quantitative estimate of drug-likeness (QED) is 0.154. The number of nitrogens with zero attached hydrogens (tertiary/aromatic N) is 3. The summed E-state index contributed by atoms with van der Waals surface area (Å²) in [5, 5.41) is 0. The Labute approximate surface area is 299 Å². The van der Waals surface area contributed by atoms with Gasteiger partial charge in [0.15, 0.2) is 0 Å². The third kappa shape index (κ3) is 10.9. The maximum atomic E-state index is 13.1. The van der Waals surface area contributed by atoms with Gasteiger partial charge in [0.2, 0.25) is 0 Å². The molecule has 9 heteroatoms. The standard InChI is InChI=1S/C41H57N3O6/c1-41(2,3)50-40(45)44-22-20-36(32-16-18-35(19-17-32)48-26-10-25-47-30-34-11-7-8-13-38(34)46-6)39(28-44)49-29-31-14-15-33-12-9-21-43(37(33)27-31)24-23-42(4)5/h7-8,11,13-19,27,36,39H,9-10,12,20-26,28-30H2,1-6H3/t36-,39+/m1/s1. The molecule has 0 radical (unpaired) electrons. The molecule has 2 aliphatic rings. The molecule has 0 aliphatic carbocycles. The molecule has 1 saturated heterocycles. The number of aryl methyl sites for hydroxylation is 1. The summed E-state index contributed by atoms with van der Waals surface area (Å²) in [4.78, 5) is 19.6. The van der Waals surface area contributed by atoms with Crippen LogP contribution in [0.4, 0.5) is 10.5 Å². The van der Waals surface area contributed by atoms with E-state index < -0.39 is 5.60 Å². The molecule has 5 rings (SSSR count). The fourth-order valence-corrected chi connectivity index (χ4v) is 6.67. The Balaban J connectivity index is 1.19. The van der Waals surface area contributed by atoms with Gasteiger partial charge in [0, 0.05) is 49.8 Å². The van der Waals surface area contributed by atoms with Gasteiger partial charge in [0.05, 0.1) is 46.2 Å². The van der Waals surface area contributed by atoms with Gasteiger partial charge in [-0.2, -0.15) is 0 Å². The first-order valence-corrected chi connectivity index (χ1v) is 18.1. The zero-order valence-electron chi connectivity index (χ0n) is 31.0. The van der Waals surface area contributed by atoms with Gasteiger partial charge in [-0.15, -0.1) is 0 Å². The average molecular weight is 688 g/mol. The molecule has 0 N–H and O–H groups in total. The lowest BCUT2D eigenvalue weighted by Gasteiger charge is -2.39. The van der Waals surface area contributed by atoms with Crippen molar-refractivity contribution in [1.29, 1.82) is 0 Å². The van der Waals surface area contributed by atoms with Crippen LogP contribution in [0.2, 0.25) is 0 Å². The number of piperidine rings is 1. The van der Waals surface area contributed by atoms with Crippen LogP contribution >= 0.6 is 0 Å². The van der Waals surface area contributed by atoms with Gasteiger partial charge in [-0.3, -0.25) is 0 Å². The lowest BCUT2D eigenvalue weighted by molar-refractivity contribution is -0.0359. The minimum absolute atomic E-state index is 0.139. The SMILES string of the molecule is COc1ccccc1COCCCOc1ccc([C@H]2CCN(C(=O)OC(C)(C)C)C[C@@H]2OCc2ccc3c(c2)N(CCN(C)C)CCC3)cc1. The van der Waals surface area contributed by atoms with Crippen molar-refractivity contribution in [1.82, 2.24) is 9.80 Å². The van der Waals surface area contributed by atoms with Crippen LogP contribution < -0.4 is 14.4 Å². The highest BCUT2D eigenvalue weighted by Crippen LogP contribution is 2.34. The summed E-state index contributed by atoms with van der Waals surface area (Å²) >= 11 is 0. The molecule has 0 unspecified atom stereocenters. The monoisotopic (exact) mass is 687 g/mol. The number of hydrogen-bond acceptors (Lipinski definition) is 8. The lowest BCUT2D eigenvalue weighted by Crippen LogP contribution is -2.48. The number of para-hydroxylation sites is 1. The smallest absolute Gasteiger partial charge is 0.410 e. The van der Waals surface area contributed by atoms with Gasteiger partial charge < -0.3 is 38.4 Å². The van der Waals surface area contributed by atoms with Gasteiger partial charge in [-0.25, -0.2) is 4.79 Å². The highest BCUT2D eigenvalue weighted by Gasteiger charge is 2.35. The number of carbonyl (C=O) groups excluding carboxylic acids is 1. The molecule has 2 heterocycles. The number of hydrogen-bond donors (Lipinski definition) is 0. The molecule has 50 heavy (non-hydrogen) atoms. The fraction of sp³-hybridized carbons (Fsp3) is 0.537. The van der Waals surface area contributed by atoms with Gasteiger partial charge >= 0.3 is 6.09 Å². The maximum absolute atomic E-state index is 13.1. The number of carbonyl (C=O) groups is 1. The van der Waals surface area contributed by atoms with Gasteiger partial charge in [0.25, 0.3) is 0 Å². The van der Waals surface area contributed by atoms with Crippen LogP contribution in [0.15, 0.2) is 66.7 Å². The summed E-state index contributed by atoms with van der Waals surface area (Å²) in [6, 6.07) is 23.0. The van der Waals surface area contributed by atoms with Crippen molar-refractivity contribution in [3.8, 4) is 11.5 Å². The predicted molar refractivity (Wildman–Crippen MR) is 198 cm³/mol. The van der Waals surface area contributed by atoms with Gasteiger partial charge in [-0.05, 0) is 95.1 Å². The summed E-state index contributed by atoms with van der Waals surface area (Å²) in [7, 11) is 5.92. The molecule has 1 amide bonds. The number of ether oxygens (including phenoxy) is 5. The zero-order chi connectivity index (χ0) is 35.5. The number of methoxy groups -OCH3 is 1. The van der Waals surface area contributed by atoms with Crippen LogP contribution in [0.5, 0.6) is 11.5 Å². The number of fused-ring (bicyclic) bond motifs is 1. The number of likely N-dealkylation sites (N-methyl/N-ethyl adjacent to an activating group) is 1. The minimum atomic E-state index is -0.552. The molecular formula is C41H57N3O6. The van der Waals surface area contributed by atoms with Crippen molar-refractivity contribution in [2.24, 2.45) is 0 Å². The van der Waals surface area contributed by atoms with Crippen molar-refractivity contribution in [3.63, 3.8) is 0 Å². The van der Waals surface area contributed by atoms with E-state index in [1.807, 2.05) is 57.2 Å². The number of rotatable bonds is 15. The van der Waals surface area contributed by atoms with Crippen molar-refractivity contribution in [2.45, 2.75) is 77.3 Å². The van der Waals surface area contributed by atoms with Crippen LogP contribution in [0.25, 0.3) is 0 Å². The van der Waals surface area contributed by atoms with Crippen molar-refractivity contribution in [3.05, 3.63) is 89.0 Å². The Morgan fingerprint density at radius 2 is 1.76 bits per heavy atom. The van der Waals surface area contributed by atoms with Crippen molar-refractivity contribution < 1.29 is 28.5 Å². The van der Waals surface area contributed by atoms with E-state index in [1.54, 1.807) is 12.0 Å². The van der Waals surface area contributed by atoms with E-state index in [9.17, 15) is 4.79 Å². The molecule has 3 aromatic rings.